The minimum atomic E-state index is 0.223. The average Bonchev–Trinajstić information content (AvgIpc) is 2.57. The minimum absolute atomic E-state index is 0.223. The lowest BCUT2D eigenvalue weighted by Gasteiger charge is -2.34. The Labute approximate surface area is 98.0 Å². The second kappa shape index (κ2) is 4.62. The first-order valence-corrected chi connectivity index (χ1v) is 6.34. The van der Waals surface area contributed by atoms with Gasteiger partial charge in [-0.05, 0) is 39.7 Å². The maximum atomic E-state index is 12.0. The third-order valence-corrected chi connectivity index (χ3v) is 4.22. The summed E-state index contributed by atoms with van der Waals surface area (Å²) in [6.07, 6.45) is 4.70. The SMILES string of the molecule is CNC1CCC(N2CC(C)N(C)C2=O)CC1. The fraction of sp³-hybridized carbons (Fsp3) is 0.917. The number of nitrogens with one attached hydrogen (secondary N) is 1. The van der Waals surface area contributed by atoms with Crippen molar-refractivity contribution in [2.24, 2.45) is 0 Å². The van der Waals surface area contributed by atoms with Gasteiger partial charge in [-0.3, -0.25) is 0 Å². The molecule has 4 heteroatoms. The highest BCUT2D eigenvalue weighted by Gasteiger charge is 2.37. The quantitative estimate of drug-likeness (QED) is 0.768. The number of likely N-dealkylation sites (N-methyl/N-ethyl adjacent to an activating group) is 1. The summed E-state index contributed by atoms with van der Waals surface area (Å²) in [5.41, 5.74) is 0. The smallest absolute Gasteiger partial charge is 0.320 e. The van der Waals surface area contributed by atoms with Crippen LogP contribution < -0.4 is 5.32 Å². The van der Waals surface area contributed by atoms with Crippen molar-refractivity contribution in [2.45, 2.75) is 50.7 Å². The molecule has 0 bridgehead atoms. The van der Waals surface area contributed by atoms with E-state index in [-0.39, 0.29) is 6.03 Å². The predicted octanol–water partition coefficient (Wildman–Crippen LogP) is 1.27. The van der Waals surface area contributed by atoms with Crippen LogP contribution in [0.5, 0.6) is 0 Å². The van der Waals surface area contributed by atoms with Crippen LogP contribution in [0.15, 0.2) is 0 Å². The van der Waals surface area contributed by atoms with E-state index in [1.165, 1.54) is 12.8 Å². The van der Waals surface area contributed by atoms with Crippen molar-refractivity contribution >= 4 is 6.03 Å². The summed E-state index contributed by atoms with van der Waals surface area (Å²) in [6, 6.07) is 1.73. The van der Waals surface area contributed by atoms with E-state index < -0.39 is 0 Å². The summed E-state index contributed by atoms with van der Waals surface area (Å²) in [7, 11) is 3.94. The zero-order valence-corrected chi connectivity index (χ0v) is 10.6. The molecule has 1 aliphatic heterocycles. The number of hydrogen-bond donors (Lipinski definition) is 1. The van der Waals surface area contributed by atoms with Gasteiger partial charge in [0.15, 0.2) is 0 Å². The Morgan fingerprint density at radius 2 is 1.88 bits per heavy atom. The van der Waals surface area contributed by atoms with Crippen LogP contribution in [0.3, 0.4) is 0 Å². The van der Waals surface area contributed by atoms with Crippen LogP contribution in [0.4, 0.5) is 4.79 Å². The molecule has 2 fully saturated rings. The Balaban J connectivity index is 1.92. The van der Waals surface area contributed by atoms with Crippen LogP contribution in [0.2, 0.25) is 0 Å². The lowest BCUT2D eigenvalue weighted by atomic mass is 9.90. The molecule has 1 saturated heterocycles. The number of nitrogens with zero attached hydrogens (tertiary/aromatic N) is 2. The molecule has 0 aromatic heterocycles. The molecule has 1 heterocycles. The molecule has 1 saturated carbocycles. The Hall–Kier alpha value is -0.770. The zero-order chi connectivity index (χ0) is 11.7. The molecule has 0 spiro atoms. The largest absolute Gasteiger partial charge is 0.323 e. The number of urea groups is 1. The minimum Gasteiger partial charge on any atom is -0.323 e. The molecule has 1 N–H and O–H groups in total. The van der Waals surface area contributed by atoms with Crippen LogP contribution in [0, 0.1) is 0 Å². The van der Waals surface area contributed by atoms with Gasteiger partial charge in [0.2, 0.25) is 0 Å². The van der Waals surface area contributed by atoms with Crippen molar-refractivity contribution in [2.75, 3.05) is 20.6 Å². The van der Waals surface area contributed by atoms with E-state index in [0.717, 1.165) is 19.4 Å². The number of amides is 2. The highest BCUT2D eigenvalue weighted by molar-refractivity contribution is 5.77. The van der Waals surface area contributed by atoms with Gasteiger partial charge in [-0.15, -0.1) is 0 Å². The van der Waals surface area contributed by atoms with Crippen molar-refractivity contribution in [3.8, 4) is 0 Å². The summed E-state index contributed by atoms with van der Waals surface area (Å²) in [5.74, 6) is 0. The second-order valence-corrected chi connectivity index (χ2v) is 5.19. The van der Waals surface area contributed by atoms with Crippen molar-refractivity contribution in [3.63, 3.8) is 0 Å². The molecule has 16 heavy (non-hydrogen) atoms. The Morgan fingerprint density at radius 1 is 1.25 bits per heavy atom. The number of hydrogen-bond acceptors (Lipinski definition) is 2. The molecule has 2 aliphatic rings. The van der Waals surface area contributed by atoms with Gasteiger partial charge in [-0.1, -0.05) is 0 Å². The van der Waals surface area contributed by atoms with E-state index >= 15 is 0 Å². The van der Waals surface area contributed by atoms with Crippen LogP contribution in [0.1, 0.15) is 32.6 Å². The maximum Gasteiger partial charge on any atom is 0.320 e. The molecular weight excluding hydrogens is 202 g/mol. The van der Waals surface area contributed by atoms with Crippen LogP contribution in [-0.4, -0.2) is 54.6 Å². The molecule has 0 aromatic rings. The fourth-order valence-corrected chi connectivity index (χ4v) is 2.86. The van der Waals surface area contributed by atoms with Crippen molar-refractivity contribution in [1.29, 1.82) is 0 Å². The molecule has 0 radical (unpaired) electrons. The molecule has 2 rings (SSSR count). The molecule has 1 atom stereocenters. The van der Waals surface area contributed by atoms with E-state index in [4.69, 9.17) is 0 Å². The monoisotopic (exact) mass is 225 g/mol. The van der Waals surface area contributed by atoms with E-state index in [9.17, 15) is 4.79 Å². The third-order valence-electron chi connectivity index (χ3n) is 4.22. The van der Waals surface area contributed by atoms with Crippen LogP contribution in [-0.2, 0) is 0 Å². The standard InChI is InChI=1S/C12H23N3O/c1-9-8-15(12(16)14(9)3)11-6-4-10(13-2)5-7-11/h9-11,13H,4-8H2,1-3H3. The Kier molecular flexibility index (Phi) is 3.38. The summed E-state index contributed by atoms with van der Waals surface area (Å²) < 4.78 is 0. The normalized spacial score (nSPS) is 35.9. The predicted molar refractivity (Wildman–Crippen MR) is 64.4 cm³/mol. The Bertz CT molecular complexity index is 261. The molecular formula is C12H23N3O. The first-order valence-electron chi connectivity index (χ1n) is 6.34. The van der Waals surface area contributed by atoms with Gasteiger partial charge in [-0.2, -0.15) is 0 Å². The zero-order valence-electron chi connectivity index (χ0n) is 10.6. The molecule has 92 valence electrons. The van der Waals surface area contributed by atoms with E-state index in [2.05, 4.69) is 17.1 Å². The van der Waals surface area contributed by atoms with Gasteiger partial charge >= 0.3 is 6.03 Å². The van der Waals surface area contributed by atoms with Gasteiger partial charge < -0.3 is 15.1 Å². The maximum absolute atomic E-state index is 12.0. The number of carbonyl (C=O) groups is 1. The van der Waals surface area contributed by atoms with Crippen molar-refractivity contribution in [3.05, 3.63) is 0 Å². The van der Waals surface area contributed by atoms with E-state index in [1.54, 1.807) is 0 Å². The summed E-state index contributed by atoms with van der Waals surface area (Å²) in [5, 5.41) is 3.33. The van der Waals surface area contributed by atoms with Crippen molar-refractivity contribution < 1.29 is 4.79 Å². The highest BCUT2D eigenvalue weighted by atomic mass is 16.2. The first kappa shape index (κ1) is 11.7. The van der Waals surface area contributed by atoms with E-state index in [1.807, 2.05) is 19.0 Å². The first-order chi connectivity index (χ1) is 7.63. The van der Waals surface area contributed by atoms with Crippen LogP contribution in [0.25, 0.3) is 0 Å². The molecule has 1 unspecified atom stereocenters. The van der Waals surface area contributed by atoms with E-state index in [0.29, 0.717) is 18.1 Å². The lowest BCUT2D eigenvalue weighted by molar-refractivity contribution is 0.161. The molecule has 2 amide bonds. The summed E-state index contributed by atoms with van der Waals surface area (Å²) in [6.45, 7) is 3.03. The molecule has 1 aliphatic carbocycles. The third kappa shape index (κ3) is 2.03. The molecule has 4 nitrogen and oxygen atoms in total. The summed E-state index contributed by atoms with van der Waals surface area (Å²) >= 11 is 0. The van der Waals surface area contributed by atoms with Gasteiger partial charge in [0.25, 0.3) is 0 Å². The lowest BCUT2D eigenvalue weighted by Crippen LogP contribution is -2.43. The second-order valence-electron chi connectivity index (χ2n) is 5.19. The average molecular weight is 225 g/mol. The fourth-order valence-electron chi connectivity index (χ4n) is 2.86. The topological polar surface area (TPSA) is 35.6 Å². The highest BCUT2D eigenvalue weighted by Crippen LogP contribution is 2.27. The number of rotatable bonds is 2. The summed E-state index contributed by atoms with van der Waals surface area (Å²) in [4.78, 5) is 15.9. The number of carbonyl (C=O) groups excluding carboxylic acids is 1. The Morgan fingerprint density at radius 3 is 2.31 bits per heavy atom. The van der Waals surface area contributed by atoms with Crippen LogP contribution >= 0.6 is 0 Å². The van der Waals surface area contributed by atoms with Gasteiger partial charge in [-0.25, -0.2) is 4.79 Å². The van der Waals surface area contributed by atoms with Gasteiger partial charge in [0, 0.05) is 31.7 Å². The van der Waals surface area contributed by atoms with Crippen molar-refractivity contribution in [1.82, 2.24) is 15.1 Å². The van der Waals surface area contributed by atoms with Gasteiger partial charge in [0.05, 0.1) is 0 Å². The van der Waals surface area contributed by atoms with Gasteiger partial charge in [0.1, 0.15) is 0 Å². The molecule has 0 aromatic carbocycles.